The van der Waals surface area contributed by atoms with Crippen LogP contribution in [-0.4, -0.2) is 27.9 Å². The smallest absolute Gasteiger partial charge is 0.258 e. The van der Waals surface area contributed by atoms with Gasteiger partial charge >= 0.3 is 0 Å². The molecule has 1 heterocycles. The van der Waals surface area contributed by atoms with E-state index in [4.69, 9.17) is 4.42 Å². The Kier molecular flexibility index (Phi) is 5.57. The number of amides is 2. The molecule has 2 aromatic carbocycles. The molecule has 1 aliphatic rings. The van der Waals surface area contributed by atoms with E-state index in [0.717, 1.165) is 18.4 Å². The van der Waals surface area contributed by atoms with E-state index in [1.54, 1.807) is 54.5 Å². The number of nitrogens with one attached hydrogen (secondary N) is 1. The summed E-state index contributed by atoms with van der Waals surface area (Å²) < 4.78 is 5.43. The van der Waals surface area contributed by atoms with Crippen LogP contribution in [0.1, 0.15) is 50.4 Å². The zero-order chi connectivity index (χ0) is 21.1. The van der Waals surface area contributed by atoms with Gasteiger partial charge in [0.2, 0.25) is 0 Å². The third kappa shape index (κ3) is 4.54. The molecule has 0 radical (unpaired) electrons. The average molecular weight is 404 g/mol. The number of carbonyl (C=O) groups is 2. The molecule has 1 saturated carbocycles. The van der Waals surface area contributed by atoms with E-state index >= 15 is 0 Å². The van der Waals surface area contributed by atoms with Crippen molar-refractivity contribution in [2.45, 2.75) is 38.9 Å². The molecule has 2 N–H and O–H groups in total. The lowest BCUT2D eigenvalue weighted by Crippen LogP contribution is -2.30. The molecule has 30 heavy (non-hydrogen) atoms. The van der Waals surface area contributed by atoms with Gasteiger partial charge in [-0.25, -0.2) is 0 Å². The first-order valence-electron chi connectivity index (χ1n) is 10.0. The van der Waals surface area contributed by atoms with E-state index in [1.165, 1.54) is 0 Å². The Labute approximate surface area is 175 Å². The summed E-state index contributed by atoms with van der Waals surface area (Å²) in [6, 6.07) is 16.2. The quantitative estimate of drug-likeness (QED) is 0.623. The zero-order valence-electron chi connectivity index (χ0n) is 16.8. The molecule has 6 heteroatoms. The molecule has 3 aromatic rings. The van der Waals surface area contributed by atoms with Gasteiger partial charge in [0.05, 0.1) is 18.4 Å². The van der Waals surface area contributed by atoms with E-state index in [9.17, 15) is 14.7 Å². The van der Waals surface area contributed by atoms with Crippen LogP contribution >= 0.6 is 0 Å². The summed E-state index contributed by atoms with van der Waals surface area (Å²) >= 11 is 0. The summed E-state index contributed by atoms with van der Waals surface area (Å²) in [5.74, 6) is 0.273. The van der Waals surface area contributed by atoms with Gasteiger partial charge in [-0.05, 0) is 61.2 Å². The first-order valence-corrected chi connectivity index (χ1v) is 10.0. The van der Waals surface area contributed by atoms with Crippen molar-refractivity contribution in [3.63, 3.8) is 0 Å². The zero-order valence-corrected chi connectivity index (χ0v) is 16.8. The Bertz CT molecular complexity index is 1040. The minimum atomic E-state index is -0.289. The number of carbonyl (C=O) groups excluding carboxylic acids is 2. The number of nitrogens with zero attached hydrogens (tertiary/aromatic N) is 1. The minimum Gasteiger partial charge on any atom is -0.507 e. The number of para-hydroxylation sites is 1. The number of aromatic hydroxyl groups is 1. The molecule has 4 rings (SSSR count). The van der Waals surface area contributed by atoms with Crippen LogP contribution < -0.4 is 5.32 Å². The van der Waals surface area contributed by atoms with Crippen molar-refractivity contribution in [3.05, 3.63) is 88.9 Å². The summed E-state index contributed by atoms with van der Waals surface area (Å²) in [7, 11) is 0. The second-order valence-corrected chi connectivity index (χ2v) is 7.66. The molecule has 0 saturated heterocycles. The van der Waals surface area contributed by atoms with Crippen molar-refractivity contribution in [1.29, 1.82) is 0 Å². The summed E-state index contributed by atoms with van der Waals surface area (Å²) in [5.41, 5.74) is 2.38. The Morgan fingerprint density at radius 2 is 1.83 bits per heavy atom. The Morgan fingerprint density at radius 1 is 1.07 bits per heavy atom. The Hall–Kier alpha value is -3.54. The van der Waals surface area contributed by atoms with Crippen molar-refractivity contribution >= 4 is 11.8 Å². The molecule has 0 aliphatic heterocycles. The second kappa shape index (κ2) is 8.45. The van der Waals surface area contributed by atoms with E-state index in [-0.39, 0.29) is 29.7 Å². The van der Waals surface area contributed by atoms with Crippen LogP contribution in [0, 0.1) is 6.92 Å². The lowest BCUT2D eigenvalue weighted by atomic mass is 10.1. The van der Waals surface area contributed by atoms with Crippen LogP contribution in [0.2, 0.25) is 0 Å². The van der Waals surface area contributed by atoms with Crippen molar-refractivity contribution < 1.29 is 19.1 Å². The number of phenolic OH excluding ortho intramolecular Hbond substituents is 1. The third-order valence-electron chi connectivity index (χ3n) is 5.18. The van der Waals surface area contributed by atoms with Crippen LogP contribution in [0.15, 0.2) is 65.3 Å². The molecule has 0 unspecified atom stereocenters. The molecule has 1 aliphatic carbocycles. The average Bonchev–Trinajstić information content (AvgIpc) is 3.41. The van der Waals surface area contributed by atoms with Crippen LogP contribution in [0.4, 0.5) is 0 Å². The maximum absolute atomic E-state index is 13.2. The fourth-order valence-electron chi connectivity index (χ4n) is 3.27. The molecular weight excluding hydrogens is 380 g/mol. The van der Waals surface area contributed by atoms with Crippen molar-refractivity contribution in [1.82, 2.24) is 10.2 Å². The number of aryl methyl sites for hydroxylation is 1. The molecule has 2 amide bonds. The largest absolute Gasteiger partial charge is 0.507 e. The maximum Gasteiger partial charge on any atom is 0.258 e. The maximum atomic E-state index is 13.2. The van der Waals surface area contributed by atoms with Crippen LogP contribution in [0.5, 0.6) is 5.75 Å². The van der Waals surface area contributed by atoms with Crippen LogP contribution in [0.3, 0.4) is 0 Å². The van der Waals surface area contributed by atoms with Gasteiger partial charge in [-0.1, -0.05) is 24.3 Å². The lowest BCUT2D eigenvalue weighted by Gasteiger charge is -2.23. The highest BCUT2D eigenvalue weighted by Crippen LogP contribution is 2.25. The highest BCUT2D eigenvalue weighted by atomic mass is 16.3. The number of furan rings is 1. The van der Waals surface area contributed by atoms with Gasteiger partial charge in [0, 0.05) is 18.2 Å². The van der Waals surface area contributed by atoms with Gasteiger partial charge in [-0.2, -0.15) is 0 Å². The fourth-order valence-corrected chi connectivity index (χ4v) is 3.27. The van der Waals surface area contributed by atoms with Crippen molar-refractivity contribution in [2.75, 3.05) is 0 Å². The molecule has 154 valence electrons. The molecule has 1 aromatic heterocycles. The Morgan fingerprint density at radius 3 is 2.50 bits per heavy atom. The van der Waals surface area contributed by atoms with Crippen molar-refractivity contribution in [3.8, 4) is 5.75 Å². The van der Waals surface area contributed by atoms with E-state index < -0.39 is 0 Å². The van der Waals surface area contributed by atoms with Crippen LogP contribution in [-0.2, 0) is 13.1 Å². The molecule has 0 bridgehead atoms. The predicted octanol–water partition coefficient (Wildman–Crippen LogP) is 4.03. The van der Waals surface area contributed by atoms with E-state index in [2.05, 4.69) is 5.32 Å². The predicted molar refractivity (Wildman–Crippen MR) is 112 cm³/mol. The summed E-state index contributed by atoms with van der Waals surface area (Å²) in [4.78, 5) is 27.0. The SMILES string of the molecule is Cc1cccc(C(=O)N(Cc2ccc(C(=O)NC3CC3)cc2)Cc2ccco2)c1O. The molecular formula is C24H24N2O4. The fraction of sp³-hybridized carbons (Fsp3) is 0.250. The molecule has 0 atom stereocenters. The summed E-state index contributed by atoms with van der Waals surface area (Å²) in [6.07, 6.45) is 3.65. The van der Waals surface area contributed by atoms with Gasteiger partial charge in [0.25, 0.3) is 11.8 Å². The minimum absolute atomic E-state index is 0.0148. The van der Waals surface area contributed by atoms with Crippen LogP contribution in [0.25, 0.3) is 0 Å². The standard InChI is InChI=1S/C24H24N2O4/c1-16-4-2-6-21(22(16)27)24(29)26(15-20-5-3-13-30-20)14-17-7-9-18(10-8-17)23(28)25-19-11-12-19/h2-10,13,19,27H,11-12,14-15H2,1H3,(H,25,28). The lowest BCUT2D eigenvalue weighted by molar-refractivity contribution is 0.0714. The topological polar surface area (TPSA) is 82.8 Å². The van der Waals surface area contributed by atoms with Crippen molar-refractivity contribution in [2.24, 2.45) is 0 Å². The highest BCUT2D eigenvalue weighted by Gasteiger charge is 2.24. The first-order chi connectivity index (χ1) is 14.5. The Balaban J connectivity index is 1.54. The van der Waals surface area contributed by atoms with E-state index in [0.29, 0.717) is 29.5 Å². The van der Waals surface area contributed by atoms with Gasteiger partial charge in [0.15, 0.2) is 0 Å². The molecule has 6 nitrogen and oxygen atoms in total. The molecule has 1 fully saturated rings. The monoisotopic (exact) mass is 404 g/mol. The van der Waals surface area contributed by atoms with Gasteiger partial charge in [0.1, 0.15) is 11.5 Å². The number of phenols is 1. The highest BCUT2D eigenvalue weighted by molar-refractivity contribution is 5.97. The summed E-state index contributed by atoms with van der Waals surface area (Å²) in [5, 5.41) is 13.3. The normalized spacial score (nSPS) is 13.1. The van der Waals surface area contributed by atoms with Gasteiger partial charge in [-0.15, -0.1) is 0 Å². The van der Waals surface area contributed by atoms with Gasteiger partial charge in [-0.3, -0.25) is 9.59 Å². The number of hydrogen-bond acceptors (Lipinski definition) is 4. The number of rotatable bonds is 7. The molecule has 0 spiro atoms. The number of hydrogen-bond donors (Lipinski definition) is 2. The number of benzene rings is 2. The summed E-state index contributed by atoms with van der Waals surface area (Å²) in [6.45, 7) is 2.34. The second-order valence-electron chi connectivity index (χ2n) is 7.66. The van der Waals surface area contributed by atoms with Gasteiger partial charge < -0.3 is 19.7 Å². The third-order valence-corrected chi connectivity index (χ3v) is 5.18. The van der Waals surface area contributed by atoms with E-state index in [1.807, 2.05) is 18.2 Å². The first kappa shape index (κ1) is 19.8.